The maximum atomic E-state index is 15.5. The predicted octanol–water partition coefficient (Wildman–Crippen LogP) is 5.17. The molecule has 0 saturated carbocycles. The average Bonchev–Trinajstić information content (AvgIpc) is 3.66. The Morgan fingerprint density at radius 2 is 1.80 bits per heavy atom. The molecule has 0 aliphatic rings. The van der Waals surface area contributed by atoms with E-state index in [1.165, 1.54) is 7.11 Å². The lowest BCUT2D eigenvalue weighted by Crippen LogP contribution is -2.10. The number of ether oxygens (including phenoxy) is 3. The molecule has 0 saturated heterocycles. The first-order valence-corrected chi connectivity index (χ1v) is 14.3. The van der Waals surface area contributed by atoms with Gasteiger partial charge in [-0.15, -0.1) is 0 Å². The molecule has 4 heterocycles. The number of benzene rings is 2. The van der Waals surface area contributed by atoms with Crippen molar-refractivity contribution >= 4 is 17.0 Å². The molecule has 0 aliphatic carbocycles. The standard InChI is InChI=1S/C33H29F2N7O4/c1-41-18-22(15-38-41)29-17-36-23(16-37-29)19-46-32-6-4-5-27(40-32)24-14-25(34)21(11-26(24)35)13-31-39-28-8-7-20(33(43)45-3)12-30(28)42(31)9-10-44-2/h4-8,11-12,14-18H,9-10,13,19H2,1-3H3. The molecular weight excluding hydrogens is 596 g/mol. The molecule has 0 spiro atoms. The summed E-state index contributed by atoms with van der Waals surface area (Å²) in [5.41, 5.74) is 4.02. The van der Waals surface area contributed by atoms with Crippen LogP contribution in [0.25, 0.3) is 33.5 Å². The number of nitrogens with zero attached hydrogens (tertiary/aromatic N) is 7. The second-order valence-electron chi connectivity index (χ2n) is 10.4. The number of carbonyl (C=O) groups excluding carboxylic acids is 1. The Bertz CT molecular complexity index is 2030. The molecular formula is C33H29F2N7O4. The molecule has 0 fully saturated rings. The molecule has 0 amide bonds. The van der Waals surface area contributed by atoms with Crippen LogP contribution in [0.1, 0.15) is 27.4 Å². The largest absolute Gasteiger partial charge is 0.471 e. The molecule has 4 aromatic heterocycles. The zero-order chi connectivity index (χ0) is 32.2. The second-order valence-corrected chi connectivity index (χ2v) is 10.4. The van der Waals surface area contributed by atoms with Crippen LogP contribution in [0.5, 0.6) is 5.88 Å². The first-order valence-electron chi connectivity index (χ1n) is 14.3. The van der Waals surface area contributed by atoms with Crippen LogP contribution in [0, 0.1) is 11.6 Å². The van der Waals surface area contributed by atoms with Crippen LogP contribution < -0.4 is 4.74 Å². The number of aryl methyl sites for hydroxylation is 1. The highest BCUT2D eigenvalue weighted by Crippen LogP contribution is 2.28. The van der Waals surface area contributed by atoms with Crippen molar-refractivity contribution in [2.45, 2.75) is 19.6 Å². The van der Waals surface area contributed by atoms with Gasteiger partial charge in [-0.25, -0.2) is 23.5 Å². The fourth-order valence-corrected chi connectivity index (χ4v) is 5.00. The second kappa shape index (κ2) is 13.2. The normalized spacial score (nSPS) is 11.2. The Morgan fingerprint density at radius 1 is 0.935 bits per heavy atom. The van der Waals surface area contributed by atoms with Gasteiger partial charge in [-0.3, -0.25) is 14.6 Å². The number of methoxy groups -OCH3 is 2. The van der Waals surface area contributed by atoms with Crippen LogP contribution >= 0.6 is 0 Å². The van der Waals surface area contributed by atoms with E-state index < -0.39 is 17.6 Å². The monoisotopic (exact) mass is 625 g/mol. The third-order valence-electron chi connectivity index (χ3n) is 7.33. The van der Waals surface area contributed by atoms with Gasteiger partial charge in [0.05, 0.1) is 66.0 Å². The van der Waals surface area contributed by atoms with E-state index in [1.54, 1.807) is 66.8 Å². The van der Waals surface area contributed by atoms with Gasteiger partial charge >= 0.3 is 5.97 Å². The molecule has 13 heteroatoms. The van der Waals surface area contributed by atoms with E-state index in [2.05, 4.69) is 25.0 Å². The van der Waals surface area contributed by atoms with Gasteiger partial charge < -0.3 is 18.8 Å². The van der Waals surface area contributed by atoms with Crippen molar-refractivity contribution in [1.29, 1.82) is 0 Å². The maximum absolute atomic E-state index is 15.5. The molecule has 11 nitrogen and oxygen atoms in total. The lowest BCUT2D eigenvalue weighted by atomic mass is 10.0. The minimum absolute atomic E-state index is 0.00613. The van der Waals surface area contributed by atoms with Crippen LogP contribution in [-0.4, -0.2) is 61.1 Å². The quantitative estimate of drug-likeness (QED) is 0.180. The van der Waals surface area contributed by atoms with Crippen molar-refractivity contribution in [3.8, 4) is 28.4 Å². The van der Waals surface area contributed by atoms with E-state index in [0.29, 0.717) is 47.0 Å². The summed E-state index contributed by atoms with van der Waals surface area (Å²) in [5.74, 6) is -1.04. The van der Waals surface area contributed by atoms with Gasteiger partial charge in [-0.1, -0.05) is 6.07 Å². The Balaban J connectivity index is 1.20. The van der Waals surface area contributed by atoms with Gasteiger partial charge in [0.25, 0.3) is 0 Å². The van der Waals surface area contributed by atoms with E-state index in [1.807, 2.05) is 17.8 Å². The zero-order valence-electron chi connectivity index (χ0n) is 25.3. The van der Waals surface area contributed by atoms with Gasteiger partial charge in [0, 0.05) is 50.5 Å². The molecule has 0 aliphatic heterocycles. The van der Waals surface area contributed by atoms with Crippen LogP contribution in [0.2, 0.25) is 0 Å². The molecule has 0 bridgehead atoms. The zero-order valence-corrected chi connectivity index (χ0v) is 25.3. The van der Waals surface area contributed by atoms with Gasteiger partial charge in [-0.2, -0.15) is 5.10 Å². The van der Waals surface area contributed by atoms with Gasteiger partial charge in [0.2, 0.25) is 5.88 Å². The summed E-state index contributed by atoms with van der Waals surface area (Å²) in [6.45, 7) is 0.827. The highest BCUT2D eigenvalue weighted by atomic mass is 19.1. The van der Waals surface area contributed by atoms with Crippen molar-refractivity contribution in [1.82, 2.24) is 34.3 Å². The number of fused-ring (bicyclic) bond motifs is 1. The predicted molar refractivity (Wildman–Crippen MR) is 164 cm³/mol. The molecule has 0 N–H and O–H groups in total. The van der Waals surface area contributed by atoms with E-state index in [0.717, 1.165) is 17.7 Å². The van der Waals surface area contributed by atoms with E-state index in [9.17, 15) is 4.79 Å². The number of aromatic nitrogens is 7. The fourth-order valence-electron chi connectivity index (χ4n) is 5.00. The molecule has 6 aromatic rings. The van der Waals surface area contributed by atoms with Gasteiger partial charge in [-0.05, 0) is 42.0 Å². The summed E-state index contributed by atoms with van der Waals surface area (Å²) in [7, 11) is 4.69. The number of halogens is 2. The molecule has 234 valence electrons. The van der Waals surface area contributed by atoms with Crippen molar-refractivity contribution in [2.75, 3.05) is 20.8 Å². The summed E-state index contributed by atoms with van der Waals surface area (Å²) >= 11 is 0. The Kier molecular flexibility index (Phi) is 8.74. The topological polar surface area (TPSA) is 119 Å². The number of imidazole rings is 1. The molecule has 6 rings (SSSR count). The van der Waals surface area contributed by atoms with Crippen LogP contribution in [0.3, 0.4) is 0 Å². The first-order chi connectivity index (χ1) is 22.3. The number of carbonyl (C=O) groups is 1. The van der Waals surface area contributed by atoms with Gasteiger partial charge in [0.15, 0.2) is 0 Å². The number of esters is 1. The lowest BCUT2D eigenvalue weighted by Gasteiger charge is -2.12. The van der Waals surface area contributed by atoms with Gasteiger partial charge in [0.1, 0.15) is 24.1 Å². The fraction of sp³-hybridized carbons (Fsp3) is 0.212. The first kappa shape index (κ1) is 30.5. The molecule has 0 radical (unpaired) electrons. The van der Waals surface area contributed by atoms with Crippen LogP contribution in [-0.2, 0) is 36.1 Å². The number of hydrogen-bond donors (Lipinski definition) is 0. The highest BCUT2D eigenvalue weighted by Gasteiger charge is 2.19. The van der Waals surface area contributed by atoms with Crippen LogP contribution in [0.15, 0.2) is 73.3 Å². The highest BCUT2D eigenvalue weighted by molar-refractivity contribution is 5.93. The summed E-state index contributed by atoms with van der Waals surface area (Å²) in [6.07, 6.45) is 6.78. The Hall–Kier alpha value is -5.56. The van der Waals surface area contributed by atoms with E-state index >= 15 is 8.78 Å². The van der Waals surface area contributed by atoms with Crippen molar-refractivity contribution < 1.29 is 27.8 Å². The summed E-state index contributed by atoms with van der Waals surface area (Å²) in [4.78, 5) is 29.9. The third-order valence-corrected chi connectivity index (χ3v) is 7.33. The van der Waals surface area contributed by atoms with E-state index in [4.69, 9.17) is 14.2 Å². The molecule has 2 aromatic carbocycles. The Labute approximate surface area is 262 Å². The maximum Gasteiger partial charge on any atom is 0.337 e. The van der Waals surface area contributed by atoms with Crippen LogP contribution in [0.4, 0.5) is 8.78 Å². The summed E-state index contributed by atoms with van der Waals surface area (Å²) in [6, 6.07) is 12.1. The Morgan fingerprint density at radius 3 is 2.54 bits per heavy atom. The van der Waals surface area contributed by atoms with Crippen molar-refractivity contribution in [2.24, 2.45) is 7.05 Å². The average molecular weight is 626 g/mol. The molecule has 0 unspecified atom stereocenters. The molecule has 0 atom stereocenters. The van der Waals surface area contributed by atoms with Crippen molar-refractivity contribution in [3.05, 3.63) is 108 Å². The smallest absolute Gasteiger partial charge is 0.337 e. The SMILES string of the molecule is COCCn1c(Cc2cc(F)c(-c3cccc(OCc4cnc(-c5cnn(C)c5)cn4)n3)cc2F)nc2ccc(C(=O)OC)cc21. The summed E-state index contributed by atoms with van der Waals surface area (Å²) < 4.78 is 50.4. The third kappa shape index (κ3) is 6.44. The number of pyridine rings is 1. The molecule has 46 heavy (non-hydrogen) atoms. The minimum Gasteiger partial charge on any atom is -0.471 e. The number of hydrogen-bond acceptors (Lipinski definition) is 9. The van der Waals surface area contributed by atoms with Crippen molar-refractivity contribution in [3.63, 3.8) is 0 Å². The minimum atomic E-state index is -0.648. The van der Waals surface area contributed by atoms with E-state index in [-0.39, 0.29) is 35.7 Å². The summed E-state index contributed by atoms with van der Waals surface area (Å²) in [5, 5.41) is 4.14. The number of rotatable bonds is 11. The lowest BCUT2D eigenvalue weighted by molar-refractivity contribution is 0.0601.